The first kappa shape index (κ1) is 28.4. The van der Waals surface area contributed by atoms with Gasteiger partial charge in [0, 0.05) is 25.1 Å². The maximum atomic E-state index is 15.3. The highest BCUT2D eigenvalue weighted by Crippen LogP contribution is 2.35. The highest BCUT2D eigenvalue weighted by atomic mass is 19.1. The number of nitrogens with zero attached hydrogens (tertiary/aromatic N) is 4. The highest BCUT2D eigenvalue weighted by Gasteiger charge is 2.30. The summed E-state index contributed by atoms with van der Waals surface area (Å²) in [6.07, 6.45) is 4.81. The molecule has 1 saturated heterocycles. The first-order valence-corrected chi connectivity index (χ1v) is 12.8. The number of nitrogens with one attached hydrogen (secondary N) is 3. The lowest BCUT2D eigenvalue weighted by Crippen LogP contribution is -2.22. The molecular formula is C28H27F2N7O5. The predicted molar refractivity (Wildman–Crippen MR) is 151 cm³/mol. The molecule has 12 nitrogen and oxygen atoms in total. The van der Waals surface area contributed by atoms with E-state index in [2.05, 4.69) is 37.6 Å². The van der Waals surface area contributed by atoms with Gasteiger partial charge in [0.2, 0.25) is 11.7 Å². The molecule has 0 aliphatic carbocycles. The maximum Gasteiger partial charge on any atom is 0.247 e. The summed E-state index contributed by atoms with van der Waals surface area (Å²) in [6, 6.07) is 4.18. The zero-order valence-corrected chi connectivity index (χ0v) is 23.0. The van der Waals surface area contributed by atoms with Crippen molar-refractivity contribution in [3.05, 3.63) is 66.1 Å². The summed E-state index contributed by atoms with van der Waals surface area (Å²) in [5.74, 6) is -3.79. The van der Waals surface area contributed by atoms with E-state index in [1.54, 1.807) is 25.4 Å². The van der Waals surface area contributed by atoms with Crippen LogP contribution >= 0.6 is 0 Å². The fourth-order valence-electron chi connectivity index (χ4n) is 4.48. The molecule has 0 radical (unpaired) electrons. The lowest BCUT2D eigenvalue weighted by atomic mass is 10.0. The Morgan fingerprint density at radius 2 is 1.88 bits per heavy atom. The van der Waals surface area contributed by atoms with Gasteiger partial charge >= 0.3 is 0 Å². The Kier molecular flexibility index (Phi) is 7.97. The van der Waals surface area contributed by atoms with Gasteiger partial charge in [0.1, 0.15) is 22.8 Å². The Morgan fingerprint density at radius 1 is 1.14 bits per heavy atom. The number of benzene rings is 1. The summed E-state index contributed by atoms with van der Waals surface area (Å²) < 4.78 is 47.5. The minimum absolute atomic E-state index is 0.158. The van der Waals surface area contributed by atoms with Crippen molar-refractivity contribution in [1.82, 2.24) is 19.7 Å². The van der Waals surface area contributed by atoms with E-state index in [0.29, 0.717) is 42.3 Å². The molecule has 14 heteroatoms. The number of pyridine rings is 2. The van der Waals surface area contributed by atoms with Crippen molar-refractivity contribution in [3.8, 4) is 11.5 Å². The van der Waals surface area contributed by atoms with Gasteiger partial charge < -0.3 is 30.2 Å². The fourth-order valence-corrected chi connectivity index (χ4v) is 4.48. The van der Waals surface area contributed by atoms with Gasteiger partial charge in [0.15, 0.2) is 29.0 Å². The Balaban J connectivity index is 1.58. The number of ketones is 1. The van der Waals surface area contributed by atoms with Gasteiger partial charge in [-0.15, -0.1) is 0 Å². The smallest absolute Gasteiger partial charge is 0.247 e. The zero-order chi connectivity index (χ0) is 30.0. The number of ether oxygens (including phenoxy) is 3. The topological polar surface area (TPSA) is 142 Å². The molecule has 3 N–H and O–H groups in total. The number of aromatic nitrogens is 4. The van der Waals surface area contributed by atoms with Crippen molar-refractivity contribution in [2.45, 2.75) is 12.5 Å². The standard InChI is InChI=1S/C28H27F2N7O5/c1-5-22(38)33-18-12-37(2)36-28(18)35-21-9-14-8-16(32-15-6-7-42-13-15)26(34-17(14)11-31-21)27(39)23-24(29)19(40-3)10-20(41-4)25(23)30/h5,8-12,15,32H,1,6-7,13H2,2-4H3,(H,33,38)(H,31,35,36). The second-order valence-electron chi connectivity index (χ2n) is 9.35. The van der Waals surface area contributed by atoms with E-state index >= 15 is 8.78 Å². The molecule has 0 saturated carbocycles. The Hall–Kier alpha value is -5.11. The number of rotatable bonds is 10. The maximum absolute atomic E-state index is 15.3. The third-order valence-corrected chi connectivity index (χ3v) is 6.52. The fraction of sp³-hybridized carbons (Fsp3) is 0.250. The van der Waals surface area contributed by atoms with Crippen LogP contribution < -0.4 is 25.4 Å². The first-order valence-electron chi connectivity index (χ1n) is 12.8. The molecule has 4 aromatic rings. The van der Waals surface area contributed by atoms with Crippen molar-refractivity contribution in [2.75, 3.05) is 43.4 Å². The normalized spacial score (nSPS) is 14.5. The lowest BCUT2D eigenvalue weighted by molar-refractivity contribution is -0.111. The van der Waals surface area contributed by atoms with E-state index in [1.165, 1.54) is 25.1 Å². The van der Waals surface area contributed by atoms with Crippen LogP contribution in [-0.4, -0.2) is 64.9 Å². The number of hydrogen-bond acceptors (Lipinski definition) is 10. The molecule has 3 aromatic heterocycles. The summed E-state index contributed by atoms with van der Waals surface area (Å²) in [4.78, 5) is 34.4. The van der Waals surface area contributed by atoms with Gasteiger partial charge in [0.05, 0.1) is 50.5 Å². The highest BCUT2D eigenvalue weighted by molar-refractivity contribution is 6.13. The average molecular weight is 580 g/mol. The number of hydrogen-bond donors (Lipinski definition) is 3. The molecule has 1 fully saturated rings. The van der Waals surface area contributed by atoms with E-state index < -0.39 is 28.9 Å². The molecule has 218 valence electrons. The van der Waals surface area contributed by atoms with Crippen molar-refractivity contribution >= 4 is 45.6 Å². The van der Waals surface area contributed by atoms with E-state index in [9.17, 15) is 9.59 Å². The lowest BCUT2D eigenvalue weighted by Gasteiger charge is -2.17. The number of methoxy groups -OCH3 is 2. The molecule has 1 aliphatic rings. The van der Waals surface area contributed by atoms with Crippen molar-refractivity contribution in [1.29, 1.82) is 0 Å². The molecule has 4 heterocycles. The van der Waals surface area contributed by atoms with Crippen LogP contribution in [0.25, 0.3) is 10.9 Å². The van der Waals surface area contributed by atoms with Gasteiger partial charge in [0.25, 0.3) is 0 Å². The second kappa shape index (κ2) is 11.8. The van der Waals surface area contributed by atoms with Gasteiger partial charge in [-0.05, 0) is 24.6 Å². The summed E-state index contributed by atoms with van der Waals surface area (Å²) in [6.45, 7) is 4.35. The van der Waals surface area contributed by atoms with E-state index in [-0.39, 0.29) is 34.4 Å². The summed E-state index contributed by atoms with van der Waals surface area (Å²) in [7, 11) is 4.09. The molecule has 0 spiro atoms. The minimum atomic E-state index is -1.18. The average Bonchev–Trinajstić information content (AvgIpc) is 3.61. The van der Waals surface area contributed by atoms with Crippen molar-refractivity contribution in [2.24, 2.45) is 7.05 Å². The molecule has 1 amide bonds. The number of amides is 1. The third-order valence-electron chi connectivity index (χ3n) is 6.52. The van der Waals surface area contributed by atoms with Crippen LogP contribution in [0.3, 0.4) is 0 Å². The first-order chi connectivity index (χ1) is 20.2. The number of fused-ring (bicyclic) bond motifs is 1. The van der Waals surface area contributed by atoms with E-state index in [1.807, 2.05) is 0 Å². The Labute approximate surface area is 238 Å². The quantitative estimate of drug-likeness (QED) is 0.187. The molecule has 42 heavy (non-hydrogen) atoms. The van der Waals surface area contributed by atoms with Gasteiger partial charge in [-0.25, -0.2) is 18.7 Å². The monoisotopic (exact) mass is 579 g/mol. The van der Waals surface area contributed by atoms with Crippen LogP contribution in [0.1, 0.15) is 22.5 Å². The van der Waals surface area contributed by atoms with Gasteiger partial charge in [-0.2, -0.15) is 5.10 Å². The van der Waals surface area contributed by atoms with E-state index in [4.69, 9.17) is 14.2 Å². The minimum Gasteiger partial charge on any atom is -0.494 e. The summed E-state index contributed by atoms with van der Waals surface area (Å²) in [5, 5.41) is 13.8. The molecule has 1 aliphatic heterocycles. The van der Waals surface area contributed by atoms with Crippen LogP contribution in [0.15, 0.2) is 43.2 Å². The zero-order valence-electron chi connectivity index (χ0n) is 23.0. The van der Waals surface area contributed by atoms with Crippen LogP contribution in [0.2, 0.25) is 0 Å². The van der Waals surface area contributed by atoms with Crippen LogP contribution in [0.5, 0.6) is 11.5 Å². The molecule has 5 rings (SSSR count). The molecule has 0 bridgehead atoms. The van der Waals surface area contributed by atoms with Crippen LogP contribution in [0, 0.1) is 11.6 Å². The molecule has 1 atom stereocenters. The number of carbonyl (C=O) groups excluding carboxylic acids is 2. The SMILES string of the molecule is C=CC(=O)Nc1cn(C)nc1Nc1cc2cc(NC3CCOC3)c(C(=O)c3c(F)c(OC)cc(OC)c3F)nc2cn1. The van der Waals surface area contributed by atoms with Crippen molar-refractivity contribution in [3.63, 3.8) is 0 Å². The predicted octanol–water partition coefficient (Wildman–Crippen LogP) is 3.96. The molecule has 1 aromatic carbocycles. The second-order valence-corrected chi connectivity index (χ2v) is 9.35. The summed E-state index contributed by atoms with van der Waals surface area (Å²) in [5.41, 5.74) is -0.139. The van der Waals surface area contributed by atoms with Crippen LogP contribution in [0.4, 0.5) is 31.8 Å². The number of halogens is 2. The third kappa shape index (κ3) is 5.56. The van der Waals surface area contributed by atoms with Crippen LogP contribution in [-0.2, 0) is 16.6 Å². The van der Waals surface area contributed by atoms with Gasteiger partial charge in [-0.3, -0.25) is 14.3 Å². The summed E-state index contributed by atoms with van der Waals surface area (Å²) >= 11 is 0. The van der Waals surface area contributed by atoms with E-state index in [0.717, 1.165) is 12.1 Å². The number of aryl methyl sites for hydroxylation is 1. The molecule has 1 unspecified atom stereocenters. The van der Waals surface area contributed by atoms with Gasteiger partial charge in [-0.1, -0.05) is 6.58 Å². The van der Waals surface area contributed by atoms with Crippen molar-refractivity contribution < 1.29 is 32.6 Å². The number of anilines is 4. The Morgan fingerprint density at radius 3 is 2.52 bits per heavy atom. The molecular weight excluding hydrogens is 552 g/mol. The largest absolute Gasteiger partial charge is 0.494 e. The Bertz CT molecular complexity index is 1670. The number of carbonyl (C=O) groups is 2.